The number of likely N-dealkylation sites (N-methyl/N-ethyl adjacent to an activating group) is 1. The van der Waals surface area contributed by atoms with Gasteiger partial charge in [0.05, 0.1) is 22.4 Å². The zero-order valence-electron chi connectivity index (χ0n) is 21.4. The van der Waals surface area contributed by atoms with Gasteiger partial charge in [-0.05, 0) is 69.9 Å². The maximum atomic E-state index is 12.4. The molecular weight excluding hydrogens is 488 g/mol. The Bertz CT molecular complexity index is 1250. The third-order valence-electron chi connectivity index (χ3n) is 6.26. The summed E-state index contributed by atoms with van der Waals surface area (Å²) < 4.78 is 7.09. The summed E-state index contributed by atoms with van der Waals surface area (Å²) in [6.45, 7) is 4.24. The van der Waals surface area contributed by atoms with Gasteiger partial charge in [0.2, 0.25) is 5.91 Å². The number of carboxylic acids is 1. The van der Waals surface area contributed by atoms with Crippen molar-refractivity contribution in [3.05, 3.63) is 70.8 Å². The lowest BCUT2D eigenvalue weighted by Gasteiger charge is -2.27. The minimum atomic E-state index is -0.976. The first-order valence-corrected chi connectivity index (χ1v) is 13.4. The van der Waals surface area contributed by atoms with Crippen molar-refractivity contribution < 1.29 is 19.4 Å². The molecule has 2 N–H and O–H groups in total. The van der Waals surface area contributed by atoms with E-state index in [0.717, 1.165) is 30.1 Å². The highest BCUT2D eigenvalue weighted by molar-refractivity contribution is 7.19. The van der Waals surface area contributed by atoms with E-state index >= 15 is 0 Å². The Labute approximate surface area is 221 Å². The lowest BCUT2D eigenvalue weighted by molar-refractivity contribution is -0.111. The number of rotatable bonds is 11. The lowest BCUT2D eigenvalue weighted by Crippen LogP contribution is -2.33. The smallest absolute Gasteiger partial charge is 0.337 e. The second-order valence-electron chi connectivity index (χ2n) is 9.46. The van der Waals surface area contributed by atoms with Crippen LogP contribution in [0.4, 0.5) is 5.69 Å². The van der Waals surface area contributed by atoms with Gasteiger partial charge in [0.15, 0.2) is 0 Å². The van der Waals surface area contributed by atoms with Crippen molar-refractivity contribution in [3.8, 4) is 0 Å². The number of anilines is 1. The minimum absolute atomic E-state index is 0.196. The Morgan fingerprint density at radius 2 is 2.03 bits per heavy atom. The molecule has 9 heteroatoms. The number of amides is 1. The number of ether oxygens (including phenoxy) is 1. The Balaban J connectivity index is 1.58. The molecule has 0 bridgehead atoms. The maximum Gasteiger partial charge on any atom is 0.337 e. The van der Waals surface area contributed by atoms with Crippen LogP contribution < -0.4 is 5.32 Å². The van der Waals surface area contributed by atoms with Gasteiger partial charge in [-0.15, -0.1) is 11.3 Å². The number of hydrogen-bond donors (Lipinski definition) is 2. The van der Waals surface area contributed by atoms with Crippen molar-refractivity contribution in [2.75, 3.05) is 52.2 Å². The molecule has 3 heterocycles. The van der Waals surface area contributed by atoms with Gasteiger partial charge in [0, 0.05) is 35.9 Å². The van der Waals surface area contributed by atoms with Crippen LogP contribution in [0.3, 0.4) is 0 Å². The molecule has 3 aromatic rings. The van der Waals surface area contributed by atoms with Crippen molar-refractivity contribution >= 4 is 39.1 Å². The maximum absolute atomic E-state index is 12.4. The highest BCUT2D eigenvalue weighted by atomic mass is 32.1. The summed E-state index contributed by atoms with van der Waals surface area (Å²) in [5, 5.41) is 12.6. The number of nitrogens with zero attached hydrogens (tertiary/aromatic N) is 3. The third-order valence-corrected chi connectivity index (χ3v) is 7.46. The van der Waals surface area contributed by atoms with E-state index in [9.17, 15) is 14.7 Å². The number of thiophene rings is 1. The topological polar surface area (TPSA) is 95.0 Å². The number of nitrogens with one attached hydrogen (secondary N) is 1. The van der Waals surface area contributed by atoms with Crippen LogP contribution in [0.15, 0.2) is 54.7 Å². The molecule has 1 fully saturated rings. The number of piperidine rings is 1. The standard InChI is InChI=1S/C28H34N4O4S/c1-31(2)13-7-10-25(33)30-21-9-6-8-20(18-21)26(36-17-16-32-14-4-3-5-15-32)24-19-23-27(37-24)22(28(34)35)11-12-29-23/h6-12,18-19,26H,3-5,13-17H2,1-2H3,(H,30,33)(H,34,35). The summed E-state index contributed by atoms with van der Waals surface area (Å²) in [7, 11) is 3.89. The Kier molecular flexibility index (Phi) is 9.40. The van der Waals surface area contributed by atoms with Crippen molar-refractivity contribution in [1.29, 1.82) is 0 Å². The Hall–Kier alpha value is -3.11. The summed E-state index contributed by atoms with van der Waals surface area (Å²) in [6.07, 6.45) is 8.17. The second kappa shape index (κ2) is 12.9. The van der Waals surface area contributed by atoms with E-state index in [1.165, 1.54) is 48.9 Å². The van der Waals surface area contributed by atoms with Crippen LogP contribution in [0.25, 0.3) is 10.2 Å². The van der Waals surface area contributed by atoms with E-state index in [2.05, 4.69) is 15.2 Å². The van der Waals surface area contributed by atoms with Gasteiger partial charge >= 0.3 is 5.97 Å². The predicted molar refractivity (Wildman–Crippen MR) is 147 cm³/mol. The number of aromatic nitrogens is 1. The number of carbonyl (C=O) groups excluding carboxylic acids is 1. The van der Waals surface area contributed by atoms with Crippen LogP contribution in [0.5, 0.6) is 0 Å². The molecule has 1 aromatic carbocycles. The molecule has 0 aliphatic carbocycles. The van der Waals surface area contributed by atoms with Crippen molar-refractivity contribution in [1.82, 2.24) is 14.8 Å². The van der Waals surface area contributed by atoms with E-state index in [-0.39, 0.29) is 11.5 Å². The normalized spacial score (nSPS) is 15.4. The average Bonchev–Trinajstić information content (AvgIpc) is 3.31. The van der Waals surface area contributed by atoms with Gasteiger partial charge in [-0.2, -0.15) is 0 Å². The number of likely N-dealkylation sites (tertiary alicyclic amines) is 1. The molecule has 196 valence electrons. The number of carboxylic acid groups (broad SMARTS) is 1. The van der Waals surface area contributed by atoms with Crippen molar-refractivity contribution in [2.24, 2.45) is 0 Å². The molecule has 0 spiro atoms. The van der Waals surface area contributed by atoms with Crippen molar-refractivity contribution in [3.63, 3.8) is 0 Å². The van der Waals surface area contributed by atoms with E-state index in [0.29, 0.717) is 29.1 Å². The molecule has 0 saturated carbocycles. The van der Waals surface area contributed by atoms with Crippen molar-refractivity contribution in [2.45, 2.75) is 25.4 Å². The molecule has 1 aliphatic rings. The summed E-state index contributed by atoms with van der Waals surface area (Å²) in [5.74, 6) is -1.17. The quantitative estimate of drug-likeness (QED) is 0.354. The Morgan fingerprint density at radius 1 is 1.22 bits per heavy atom. The summed E-state index contributed by atoms with van der Waals surface area (Å²) >= 11 is 1.39. The van der Waals surface area contributed by atoms with Crippen LogP contribution >= 0.6 is 11.3 Å². The van der Waals surface area contributed by atoms with E-state index in [1.807, 2.05) is 55.4 Å². The van der Waals surface area contributed by atoms with Crippen LogP contribution in [-0.4, -0.2) is 78.6 Å². The SMILES string of the molecule is CN(C)CC=CC(=O)Nc1cccc(C(OCCN2CCCCC2)c2cc3nccc(C(=O)O)c3s2)c1. The highest BCUT2D eigenvalue weighted by Gasteiger charge is 2.22. The van der Waals surface area contributed by atoms with Gasteiger partial charge in [-0.25, -0.2) is 4.79 Å². The highest BCUT2D eigenvalue weighted by Crippen LogP contribution is 2.37. The number of benzene rings is 1. The molecule has 37 heavy (non-hydrogen) atoms. The van der Waals surface area contributed by atoms with E-state index in [4.69, 9.17) is 4.74 Å². The molecule has 1 unspecified atom stereocenters. The average molecular weight is 523 g/mol. The fourth-order valence-corrected chi connectivity index (χ4v) is 5.61. The first kappa shape index (κ1) is 26.9. The summed E-state index contributed by atoms with van der Waals surface area (Å²) in [4.78, 5) is 33.8. The first-order chi connectivity index (χ1) is 17.9. The largest absolute Gasteiger partial charge is 0.478 e. The van der Waals surface area contributed by atoms with Gasteiger partial charge < -0.3 is 25.0 Å². The predicted octanol–water partition coefficient (Wildman–Crippen LogP) is 4.64. The van der Waals surface area contributed by atoms with Crippen LogP contribution in [0.2, 0.25) is 0 Å². The molecule has 4 rings (SSSR count). The first-order valence-electron chi connectivity index (χ1n) is 12.6. The zero-order valence-corrected chi connectivity index (χ0v) is 22.2. The van der Waals surface area contributed by atoms with Crippen LogP contribution in [0, 0.1) is 0 Å². The number of aromatic carboxylic acids is 1. The zero-order chi connectivity index (χ0) is 26.2. The molecular formula is C28H34N4O4S. The summed E-state index contributed by atoms with van der Waals surface area (Å²) in [5.41, 5.74) is 2.43. The minimum Gasteiger partial charge on any atom is -0.478 e. The molecule has 1 atom stereocenters. The number of hydrogen-bond acceptors (Lipinski definition) is 7. The molecule has 1 saturated heterocycles. The molecule has 8 nitrogen and oxygen atoms in total. The third kappa shape index (κ3) is 7.45. The number of pyridine rings is 1. The van der Waals surface area contributed by atoms with E-state index in [1.54, 1.807) is 0 Å². The molecule has 2 aromatic heterocycles. The van der Waals surface area contributed by atoms with Gasteiger partial charge in [0.1, 0.15) is 6.10 Å². The fraction of sp³-hybridized carbons (Fsp3) is 0.393. The molecule has 1 amide bonds. The number of carbonyl (C=O) groups is 2. The molecule has 0 radical (unpaired) electrons. The lowest BCUT2D eigenvalue weighted by atomic mass is 10.1. The second-order valence-corrected chi connectivity index (χ2v) is 10.5. The van der Waals surface area contributed by atoms with Crippen LogP contribution in [0.1, 0.15) is 46.2 Å². The number of fused-ring (bicyclic) bond motifs is 1. The fourth-order valence-electron chi connectivity index (χ4n) is 4.41. The van der Waals surface area contributed by atoms with Gasteiger partial charge in [-0.3, -0.25) is 9.78 Å². The van der Waals surface area contributed by atoms with E-state index < -0.39 is 12.1 Å². The Morgan fingerprint density at radius 3 is 2.78 bits per heavy atom. The van der Waals surface area contributed by atoms with Gasteiger partial charge in [0.25, 0.3) is 0 Å². The summed E-state index contributed by atoms with van der Waals surface area (Å²) in [6, 6.07) is 11.1. The van der Waals surface area contributed by atoms with Crippen LogP contribution in [-0.2, 0) is 9.53 Å². The molecule has 1 aliphatic heterocycles. The monoisotopic (exact) mass is 522 g/mol. The van der Waals surface area contributed by atoms with Gasteiger partial charge in [-0.1, -0.05) is 24.6 Å².